The number of rotatable bonds is 5. The molecule has 0 aliphatic heterocycles. The van der Waals surface area contributed by atoms with Crippen molar-refractivity contribution in [3.05, 3.63) is 29.6 Å². The average molecular weight is 268 g/mol. The number of amides is 1. The lowest BCUT2D eigenvalue weighted by Gasteiger charge is -2.27. The largest absolute Gasteiger partial charge is 0.480 e. The molecule has 0 bridgehead atoms. The van der Waals surface area contributed by atoms with E-state index in [0.29, 0.717) is 6.42 Å². The minimum absolute atomic E-state index is 0.0125. The van der Waals surface area contributed by atoms with E-state index in [-0.39, 0.29) is 17.3 Å². The lowest BCUT2D eigenvalue weighted by Crippen LogP contribution is -2.42. The van der Waals surface area contributed by atoms with Crippen LogP contribution in [0.1, 0.15) is 30.6 Å². The number of nitrogen functional groups attached to an aromatic ring is 1. The third-order valence-electron chi connectivity index (χ3n) is 2.97. The Hall–Kier alpha value is -2.11. The topological polar surface area (TPSA) is 83.6 Å². The first kappa shape index (κ1) is 14.9. The molecule has 1 rings (SSSR count). The van der Waals surface area contributed by atoms with Crippen molar-refractivity contribution in [2.24, 2.45) is 0 Å². The number of anilines is 1. The standard InChI is InChI=1S/C13H17FN2O3/c1-3-8(2)16(7-11(17)18)13(19)9-5-4-6-10(14)12(9)15/h4-6,8H,3,7,15H2,1-2H3,(H,17,18). The van der Waals surface area contributed by atoms with Gasteiger partial charge in [0, 0.05) is 6.04 Å². The highest BCUT2D eigenvalue weighted by Crippen LogP contribution is 2.19. The van der Waals surface area contributed by atoms with Crippen molar-refractivity contribution >= 4 is 17.6 Å². The molecule has 1 unspecified atom stereocenters. The summed E-state index contributed by atoms with van der Waals surface area (Å²) in [6, 6.07) is 3.63. The molecular weight excluding hydrogens is 251 g/mol. The number of benzene rings is 1. The number of hydrogen-bond donors (Lipinski definition) is 2. The van der Waals surface area contributed by atoms with Gasteiger partial charge in [-0.05, 0) is 25.5 Å². The Kier molecular flexibility index (Phi) is 4.86. The van der Waals surface area contributed by atoms with Crippen molar-refractivity contribution in [1.82, 2.24) is 4.90 Å². The summed E-state index contributed by atoms with van der Waals surface area (Å²) in [6.45, 7) is 3.13. The van der Waals surface area contributed by atoms with Crippen molar-refractivity contribution in [2.45, 2.75) is 26.3 Å². The molecule has 1 aromatic rings. The fourth-order valence-corrected chi connectivity index (χ4v) is 1.67. The van der Waals surface area contributed by atoms with Crippen LogP contribution in [0.15, 0.2) is 18.2 Å². The smallest absolute Gasteiger partial charge is 0.323 e. The van der Waals surface area contributed by atoms with Gasteiger partial charge in [0.05, 0.1) is 11.3 Å². The minimum Gasteiger partial charge on any atom is -0.480 e. The van der Waals surface area contributed by atoms with Gasteiger partial charge in [-0.2, -0.15) is 0 Å². The van der Waals surface area contributed by atoms with Gasteiger partial charge in [0.2, 0.25) is 0 Å². The van der Waals surface area contributed by atoms with E-state index in [2.05, 4.69) is 0 Å². The van der Waals surface area contributed by atoms with Gasteiger partial charge in [-0.3, -0.25) is 9.59 Å². The zero-order chi connectivity index (χ0) is 14.6. The van der Waals surface area contributed by atoms with Crippen LogP contribution in [0.4, 0.5) is 10.1 Å². The summed E-state index contributed by atoms with van der Waals surface area (Å²) < 4.78 is 13.3. The molecule has 1 aromatic carbocycles. The van der Waals surface area contributed by atoms with Crippen LogP contribution in [0.2, 0.25) is 0 Å². The molecule has 0 radical (unpaired) electrons. The zero-order valence-corrected chi connectivity index (χ0v) is 10.9. The van der Waals surface area contributed by atoms with Crippen LogP contribution in [0, 0.1) is 5.82 Å². The molecule has 104 valence electrons. The number of para-hydroxylation sites is 1. The van der Waals surface area contributed by atoms with Gasteiger partial charge in [-0.15, -0.1) is 0 Å². The molecule has 5 nitrogen and oxygen atoms in total. The Balaban J connectivity index is 3.11. The highest BCUT2D eigenvalue weighted by molar-refractivity contribution is 6.00. The Bertz CT molecular complexity index is 491. The molecule has 3 N–H and O–H groups in total. The fraction of sp³-hybridized carbons (Fsp3) is 0.385. The molecule has 1 atom stereocenters. The van der Waals surface area contributed by atoms with Crippen LogP contribution < -0.4 is 5.73 Å². The Labute approximate surface area is 110 Å². The number of carboxylic acid groups (broad SMARTS) is 1. The van der Waals surface area contributed by atoms with E-state index in [4.69, 9.17) is 10.8 Å². The lowest BCUT2D eigenvalue weighted by atomic mass is 10.1. The summed E-state index contributed by atoms with van der Waals surface area (Å²) in [6.07, 6.45) is 0.592. The quantitative estimate of drug-likeness (QED) is 0.797. The maximum atomic E-state index is 13.3. The number of carbonyl (C=O) groups excluding carboxylic acids is 1. The number of carboxylic acids is 1. The molecule has 1 amide bonds. The zero-order valence-electron chi connectivity index (χ0n) is 10.9. The van der Waals surface area contributed by atoms with E-state index in [9.17, 15) is 14.0 Å². The molecule has 0 aliphatic carbocycles. The summed E-state index contributed by atoms with van der Waals surface area (Å²) in [7, 11) is 0. The predicted molar refractivity (Wildman–Crippen MR) is 69.2 cm³/mol. The second-order valence-electron chi connectivity index (χ2n) is 4.29. The SMILES string of the molecule is CCC(C)N(CC(=O)O)C(=O)c1cccc(F)c1N. The first-order valence-electron chi connectivity index (χ1n) is 5.95. The lowest BCUT2D eigenvalue weighted by molar-refractivity contribution is -0.138. The van der Waals surface area contributed by atoms with E-state index in [1.165, 1.54) is 17.0 Å². The van der Waals surface area contributed by atoms with Crippen LogP contribution >= 0.6 is 0 Å². The number of nitrogens with two attached hydrogens (primary N) is 1. The van der Waals surface area contributed by atoms with Crippen LogP contribution in [0.25, 0.3) is 0 Å². The second-order valence-corrected chi connectivity index (χ2v) is 4.29. The summed E-state index contributed by atoms with van der Waals surface area (Å²) in [4.78, 5) is 24.3. The Morgan fingerprint density at radius 1 is 1.47 bits per heavy atom. The van der Waals surface area contributed by atoms with Crippen molar-refractivity contribution in [3.63, 3.8) is 0 Å². The molecule has 0 spiro atoms. The molecule has 6 heteroatoms. The van der Waals surface area contributed by atoms with E-state index in [1.54, 1.807) is 6.92 Å². The number of carbonyl (C=O) groups is 2. The van der Waals surface area contributed by atoms with Gasteiger partial charge in [0.25, 0.3) is 5.91 Å². The van der Waals surface area contributed by atoms with Crippen molar-refractivity contribution in [1.29, 1.82) is 0 Å². The highest BCUT2D eigenvalue weighted by atomic mass is 19.1. The van der Waals surface area contributed by atoms with Gasteiger partial charge >= 0.3 is 5.97 Å². The van der Waals surface area contributed by atoms with Crippen molar-refractivity contribution in [2.75, 3.05) is 12.3 Å². The van der Waals surface area contributed by atoms with Gasteiger partial charge in [-0.25, -0.2) is 4.39 Å². The summed E-state index contributed by atoms with van der Waals surface area (Å²) in [5, 5.41) is 8.85. The first-order chi connectivity index (χ1) is 8.88. The van der Waals surface area contributed by atoms with Crippen molar-refractivity contribution < 1.29 is 19.1 Å². The molecule has 0 fully saturated rings. The first-order valence-corrected chi connectivity index (χ1v) is 5.95. The fourth-order valence-electron chi connectivity index (χ4n) is 1.67. The number of aliphatic carboxylic acids is 1. The van der Waals surface area contributed by atoms with Crippen molar-refractivity contribution in [3.8, 4) is 0 Å². The van der Waals surface area contributed by atoms with E-state index in [0.717, 1.165) is 6.07 Å². The summed E-state index contributed by atoms with van der Waals surface area (Å²) in [5.41, 5.74) is 5.25. The minimum atomic E-state index is -1.12. The molecule has 0 heterocycles. The summed E-state index contributed by atoms with van der Waals surface area (Å²) >= 11 is 0. The predicted octanol–water partition coefficient (Wildman–Crippen LogP) is 1.73. The molecule has 0 saturated heterocycles. The van der Waals surface area contributed by atoms with E-state index < -0.39 is 24.2 Å². The second kappa shape index (κ2) is 6.17. The monoisotopic (exact) mass is 268 g/mol. The average Bonchev–Trinajstić information content (AvgIpc) is 2.37. The Morgan fingerprint density at radius 2 is 2.11 bits per heavy atom. The number of halogens is 1. The molecule has 0 aliphatic rings. The van der Waals surface area contributed by atoms with Gasteiger partial charge in [0.15, 0.2) is 0 Å². The van der Waals surface area contributed by atoms with Crippen LogP contribution in [-0.4, -0.2) is 34.5 Å². The third-order valence-corrected chi connectivity index (χ3v) is 2.97. The van der Waals surface area contributed by atoms with Gasteiger partial charge < -0.3 is 15.7 Å². The van der Waals surface area contributed by atoms with Crippen LogP contribution in [0.3, 0.4) is 0 Å². The number of nitrogens with zero attached hydrogens (tertiary/aromatic N) is 1. The van der Waals surface area contributed by atoms with Crippen LogP contribution in [0.5, 0.6) is 0 Å². The maximum absolute atomic E-state index is 13.3. The van der Waals surface area contributed by atoms with Gasteiger partial charge in [0.1, 0.15) is 12.4 Å². The molecule has 19 heavy (non-hydrogen) atoms. The maximum Gasteiger partial charge on any atom is 0.323 e. The molecular formula is C13H17FN2O3. The number of hydrogen-bond acceptors (Lipinski definition) is 3. The highest BCUT2D eigenvalue weighted by Gasteiger charge is 2.25. The third kappa shape index (κ3) is 3.43. The van der Waals surface area contributed by atoms with Gasteiger partial charge in [-0.1, -0.05) is 13.0 Å². The van der Waals surface area contributed by atoms with Crippen LogP contribution in [-0.2, 0) is 4.79 Å². The molecule has 0 aromatic heterocycles. The molecule has 0 saturated carbocycles. The summed E-state index contributed by atoms with van der Waals surface area (Å²) in [5.74, 6) is -2.39. The Morgan fingerprint density at radius 3 is 2.63 bits per heavy atom. The van der Waals surface area contributed by atoms with E-state index >= 15 is 0 Å². The van der Waals surface area contributed by atoms with E-state index in [1.807, 2.05) is 6.92 Å². The normalized spacial score (nSPS) is 11.9.